The van der Waals surface area contributed by atoms with Gasteiger partial charge >= 0.3 is 6.18 Å². The summed E-state index contributed by atoms with van der Waals surface area (Å²) in [4.78, 5) is 12.8. The molecule has 0 aliphatic rings. The molecule has 102 valence electrons. The van der Waals surface area contributed by atoms with E-state index >= 15 is 0 Å². The van der Waals surface area contributed by atoms with Crippen LogP contribution in [0.1, 0.15) is 19.8 Å². The minimum atomic E-state index is -4.34. The summed E-state index contributed by atoms with van der Waals surface area (Å²) in [5.41, 5.74) is 5.52. The number of rotatable bonds is 7. The van der Waals surface area contributed by atoms with E-state index in [4.69, 9.17) is 5.73 Å². The first-order chi connectivity index (χ1) is 7.72. The van der Waals surface area contributed by atoms with Gasteiger partial charge in [0.05, 0.1) is 13.0 Å². The molecule has 17 heavy (non-hydrogen) atoms. The largest absolute Gasteiger partial charge is 0.411 e. The van der Waals surface area contributed by atoms with Crippen molar-refractivity contribution in [2.24, 2.45) is 5.73 Å². The van der Waals surface area contributed by atoms with E-state index in [1.807, 2.05) is 6.92 Å². The maximum atomic E-state index is 11.7. The average molecular weight is 256 g/mol. The van der Waals surface area contributed by atoms with E-state index < -0.39 is 12.8 Å². The zero-order chi connectivity index (χ0) is 13.5. The number of amides is 1. The summed E-state index contributed by atoms with van der Waals surface area (Å²) in [6.45, 7) is 0.783. The summed E-state index contributed by atoms with van der Waals surface area (Å²) in [7, 11) is 1.59. The molecule has 4 nitrogen and oxygen atoms in total. The van der Waals surface area contributed by atoms with Crippen LogP contribution in [0, 0.1) is 0 Å². The van der Waals surface area contributed by atoms with Gasteiger partial charge in [-0.2, -0.15) is 13.2 Å². The molecule has 0 saturated carbocycles. The molecule has 0 heterocycles. The third-order valence-corrected chi connectivity index (χ3v) is 2.07. The third kappa shape index (κ3) is 10.1. The standard InChI is InChI=1S/C10H19F3N2O2/c1-8(14)3-5-15(2)9(16)4-6-17-7-10(11,12)13/h8H,3-7,14H2,1-2H3. The molecule has 1 atom stereocenters. The second kappa shape index (κ2) is 7.50. The van der Waals surface area contributed by atoms with E-state index in [1.165, 1.54) is 4.90 Å². The van der Waals surface area contributed by atoms with E-state index in [2.05, 4.69) is 4.74 Å². The second-order valence-electron chi connectivity index (χ2n) is 4.00. The summed E-state index contributed by atoms with van der Waals surface area (Å²) in [6, 6.07) is -0.00766. The first-order valence-corrected chi connectivity index (χ1v) is 5.36. The Kier molecular flexibility index (Phi) is 7.13. The van der Waals surface area contributed by atoms with Crippen LogP contribution in [0.2, 0.25) is 0 Å². The molecule has 0 radical (unpaired) electrons. The van der Waals surface area contributed by atoms with Crippen molar-refractivity contribution in [1.82, 2.24) is 4.90 Å². The lowest BCUT2D eigenvalue weighted by Crippen LogP contribution is -2.32. The van der Waals surface area contributed by atoms with Crippen LogP contribution in [-0.4, -0.2) is 49.8 Å². The van der Waals surface area contributed by atoms with Crippen LogP contribution in [0.3, 0.4) is 0 Å². The van der Waals surface area contributed by atoms with Crippen LogP contribution in [0.5, 0.6) is 0 Å². The zero-order valence-electron chi connectivity index (χ0n) is 10.1. The fourth-order valence-corrected chi connectivity index (χ4v) is 1.06. The molecule has 0 bridgehead atoms. The topological polar surface area (TPSA) is 55.6 Å². The Bertz CT molecular complexity index is 232. The van der Waals surface area contributed by atoms with Gasteiger partial charge in [-0.15, -0.1) is 0 Å². The molecule has 0 fully saturated rings. The van der Waals surface area contributed by atoms with Crippen LogP contribution in [0.25, 0.3) is 0 Å². The van der Waals surface area contributed by atoms with Crippen LogP contribution in [-0.2, 0) is 9.53 Å². The Labute approximate surface area is 98.9 Å². The Morgan fingerprint density at radius 1 is 1.47 bits per heavy atom. The number of ether oxygens (including phenoxy) is 1. The minimum Gasteiger partial charge on any atom is -0.372 e. The van der Waals surface area contributed by atoms with Gasteiger partial charge in [0.15, 0.2) is 0 Å². The number of nitrogens with two attached hydrogens (primary N) is 1. The van der Waals surface area contributed by atoms with E-state index in [9.17, 15) is 18.0 Å². The highest BCUT2D eigenvalue weighted by Crippen LogP contribution is 2.14. The highest BCUT2D eigenvalue weighted by Gasteiger charge is 2.27. The fraction of sp³-hybridized carbons (Fsp3) is 0.900. The van der Waals surface area contributed by atoms with E-state index in [0.717, 1.165) is 0 Å². The van der Waals surface area contributed by atoms with Gasteiger partial charge in [0.1, 0.15) is 6.61 Å². The monoisotopic (exact) mass is 256 g/mol. The molecule has 0 spiro atoms. The Morgan fingerprint density at radius 2 is 2.06 bits per heavy atom. The molecule has 0 aliphatic carbocycles. The predicted octanol–water partition coefficient (Wildman–Crippen LogP) is 1.15. The first kappa shape index (κ1) is 16.2. The molecule has 1 unspecified atom stereocenters. The van der Waals surface area contributed by atoms with Gasteiger partial charge in [0.2, 0.25) is 5.91 Å². The van der Waals surface area contributed by atoms with Crippen molar-refractivity contribution in [2.75, 3.05) is 26.8 Å². The average Bonchev–Trinajstić information content (AvgIpc) is 2.19. The third-order valence-electron chi connectivity index (χ3n) is 2.07. The zero-order valence-corrected chi connectivity index (χ0v) is 10.1. The molecule has 0 aliphatic heterocycles. The summed E-state index contributed by atoms with van der Waals surface area (Å²) < 4.78 is 39.5. The number of hydrogen-bond donors (Lipinski definition) is 1. The highest BCUT2D eigenvalue weighted by molar-refractivity contribution is 5.75. The molecule has 0 aromatic rings. The van der Waals surface area contributed by atoms with E-state index in [0.29, 0.717) is 13.0 Å². The SMILES string of the molecule is CC(N)CCN(C)C(=O)CCOCC(F)(F)F. The number of nitrogens with zero attached hydrogens (tertiary/aromatic N) is 1. The quantitative estimate of drug-likeness (QED) is 0.695. The lowest BCUT2D eigenvalue weighted by atomic mass is 10.2. The summed E-state index contributed by atoms with van der Waals surface area (Å²) in [5, 5.41) is 0. The Balaban J connectivity index is 3.64. The normalized spacial score (nSPS) is 13.5. The molecule has 0 aromatic heterocycles. The summed E-state index contributed by atoms with van der Waals surface area (Å²) in [5.74, 6) is -0.243. The molecule has 0 aromatic carbocycles. The molecule has 7 heteroatoms. The highest BCUT2D eigenvalue weighted by atomic mass is 19.4. The van der Waals surface area contributed by atoms with Crippen molar-refractivity contribution in [3.63, 3.8) is 0 Å². The molecule has 0 saturated heterocycles. The van der Waals surface area contributed by atoms with Crippen LogP contribution >= 0.6 is 0 Å². The molecule has 2 N–H and O–H groups in total. The number of hydrogen-bond acceptors (Lipinski definition) is 3. The Morgan fingerprint density at radius 3 is 2.53 bits per heavy atom. The second-order valence-corrected chi connectivity index (χ2v) is 4.00. The van der Waals surface area contributed by atoms with Gasteiger partial charge in [-0.05, 0) is 13.3 Å². The van der Waals surface area contributed by atoms with E-state index in [-0.39, 0.29) is 25.0 Å². The Hall–Kier alpha value is -0.820. The first-order valence-electron chi connectivity index (χ1n) is 5.36. The lowest BCUT2D eigenvalue weighted by Gasteiger charge is -2.18. The number of halogens is 3. The smallest absolute Gasteiger partial charge is 0.372 e. The summed E-state index contributed by atoms with van der Waals surface area (Å²) >= 11 is 0. The number of alkyl halides is 3. The van der Waals surface area contributed by atoms with Gasteiger partial charge in [0, 0.05) is 19.6 Å². The molecule has 0 rings (SSSR count). The van der Waals surface area contributed by atoms with Crippen LogP contribution in [0.4, 0.5) is 13.2 Å². The van der Waals surface area contributed by atoms with Crippen LogP contribution < -0.4 is 5.73 Å². The van der Waals surface area contributed by atoms with Gasteiger partial charge < -0.3 is 15.4 Å². The molecule has 1 amide bonds. The van der Waals surface area contributed by atoms with Crippen molar-refractivity contribution in [1.29, 1.82) is 0 Å². The number of carbonyl (C=O) groups is 1. The lowest BCUT2D eigenvalue weighted by molar-refractivity contribution is -0.175. The van der Waals surface area contributed by atoms with Crippen LogP contribution in [0.15, 0.2) is 0 Å². The predicted molar refractivity (Wildman–Crippen MR) is 57.4 cm³/mol. The van der Waals surface area contributed by atoms with Gasteiger partial charge in [-0.25, -0.2) is 0 Å². The summed E-state index contributed by atoms with van der Waals surface area (Å²) in [6.07, 6.45) is -3.74. The molecular weight excluding hydrogens is 237 g/mol. The van der Waals surface area contributed by atoms with E-state index in [1.54, 1.807) is 7.05 Å². The minimum absolute atomic E-state index is 0.00766. The van der Waals surface area contributed by atoms with Crippen molar-refractivity contribution in [3.8, 4) is 0 Å². The maximum Gasteiger partial charge on any atom is 0.411 e. The van der Waals surface area contributed by atoms with Crippen molar-refractivity contribution in [3.05, 3.63) is 0 Å². The van der Waals surface area contributed by atoms with Crippen molar-refractivity contribution >= 4 is 5.91 Å². The maximum absolute atomic E-state index is 11.7. The van der Waals surface area contributed by atoms with Crippen molar-refractivity contribution < 1.29 is 22.7 Å². The van der Waals surface area contributed by atoms with Gasteiger partial charge in [0.25, 0.3) is 0 Å². The van der Waals surface area contributed by atoms with Crippen molar-refractivity contribution in [2.45, 2.75) is 32.0 Å². The number of carbonyl (C=O) groups excluding carboxylic acids is 1. The van der Waals surface area contributed by atoms with Gasteiger partial charge in [-0.3, -0.25) is 4.79 Å². The van der Waals surface area contributed by atoms with Gasteiger partial charge in [-0.1, -0.05) is 0 Å². The fourth-order valence-electron chi connectivity index (χ4n) is 1.06. The molecular formula is C10H19F3N2O2.